The van der Waals surface area contributed by atoms with E-state index in [1.807, 2.05) is 6.08 Å². The van der Waals surface area contributed by atoms with Gasteiger partial charge in [0, 0.05) is 0 Å². The summed E-state index contributed by atoms with van der Waals surface area (Å²) >= 11 is 0. The molecular weight excluding hydrogens is 298 g/mol. The highest BCUT2D eigenvalue weighted by atomic mass is 79.9. The molecule has 0 fully saturated rings. The number of likely N-dealkylation sites (N-methyl/N-ethyl adjacent to an activating group) is 1. The van der Waals surface area contributed by atoms with Crippen LogP contribution in [-0.2, 0) is 0 Å². The van der Waals surface area contributed by atoms with Crippen LogP contribution in [0.3, 0.4) is 0 Å². The van der Waals surface area contributed by atoms with Crippen LogP contribution in [-0.4, -0.2) is 31.7 Å². The summed E-state index contributed by atoms with van der Waals surface area (Å²) < 4.78 is 1.10. The van der Waals surface area contributed by atoms with E-state index < -0.39 is 0 Å². The third-order valence-electron chi connectivity index (χ3n) is 3.74. The summed E-state index contributed by atoms with van der Waals surface area (Å²) in [6.45, 7) is 8.50. The molecule has 2 heteroatoms. The number of halogens is 1. The minimum absolute atomic E-state index is 0. The molecule has 0 atom stereocenters. The highest BCUT2D eigenvalue weighted by molar-refractivity contribution is 4.64. The summed E-state index contributed by atoms with van der Waals surface area (Å²) in [7, 11) is 4.60. The maximum atomic E-state index is 3.83. The van der Waals surface area contributed by atoms with Gasteiger partial charge in [0.15, 0.2) is 0 Å². The van der Waals surface area contributed by atoms with Crippen molar-refractivity contribution in [2.75, 3.05) is 27.2 Å². The van der Waals surface area contributed by atoms with E-state index in [9.17, 15) is 0 Å². The van der Waals surface area contributed by atoms with Crippen LogP contribution in [0.4, 0.5) is 0 Å². The topological polar surface area (TPSA) is 0 Å². The number of rotatable bonds is 13. The zero-order valence-corrected chi connectivity index (χ0v) is 15.2. The van der Waals surface area contributed by atoms with Crippen molar-refractivity contribution in [3.05, 3.63) is 12.7 Å². The van der Waals surface area contributed by atoms with Gasteiger partial charge in [0.05, 0.1) is 27.2 Å². The van der Waals surface area contributed by atoms with Crippen LogP contribution < -0.4 is 17.0 Å². The van der Waals surface area contributed by atoms with E-state index in [1.54, 1.807) is 0 Å². The van der Waals surface area contributed by atoms with Crippen LogP contribution >= 0.6 is 0 Å². The Kier molecular flexibility index (Phi) is 16.5. The molecule has 0 aromatic rings. The average Bonchev–Trinajstić information content (AvgIpc) is 2.31. The molecule has 0 N–H and O–H groups in total. The van der Waals surface area contributed by atoms with Crippen molar-refractivity contribution in [1.82, 2.24) is 0 Å². The zero-order valence-electron chi connectivity index (χ0n) is 13.6. The van der Waals surface area contributed by atoms with Gasteiger partial charge in [0.25, 0.3) is 0 Å². The standard InChI is InChI=1S/C17H36N.BrH/c1-5-7-8-9-10-11-12-13-14-15-17-18(3,4)16-6-2;/h6H,2,5,7-17H2,1,3-4H3;1H/q+1;/p-1. The summed E-state index contributed by atoms with van der Waals surface area (Å²) in [6.07, 6.45) is 16.3. The van der Waals surface area contributed by atoms with E-state index in [-0.39, 0.29) is 17.0 Å². The van der Waals surface area contributed by atoms with Crippen molar-refractivity contribution in [2.24, 2.45) is 0 Å². The maximum Gasteiger partial charge on any atom is 0.0966 e. The molecule has 0 saturated carbocycles. The molecule has 0 saturated heterocycles. The molecule has 19 heavy (non-hydrogen) atoms. The Morgan fingerprint density at radius 1 is 0.789 bits per heavy atom. The summed E-state index contributed by atoms with van der Waals surface area (Å²) in [5.41, 5.74) is 0. The van der Waals surface area contributed by atoms with Gasteiger partial charge in [-0.05, 0) is 18.9 Å². The number of unbranched alkanes of at least 4 members (excludes halogenated alkanes) is 9. The largest absolute Gasteiger partial charge is 1.00 e. The second-order valence-corrected chi connectivity index (χ2v) is 6.31. The van der Waals surface area contributed by atoms with Crippen molar-refractivity contribution in [3.8, 4) is 0 Å². The van der Waals surface area contributed by atoms with E-state index in [4.69, 9.17) is 0 Å². The van der Waals surface area contributed by atoms with Crippen LogP contribution in [0.1, 0.15) is 71.1 Å². The molecule has 0 aliphatic heterocycles. The quantitative estimate of drug-likeness (QED) is 0.275. The summed E-state index contributed by atoms with van der Waals surface area (Å²) in [4.78, 5) is 0. The number of quaternary nitrogens is 1. The fraction of sp³-hybridized carbons (Fsp3) is 0.882. The molecule has 0 unspecified atom stereocenters. The summed E-state index contributed by atoms with van der Waals surface area (Å²) in [5.74, 6) is 0. The first-order valence-corrected chi connectivity index (χ1v) is 8.05. The Balaban J connectivity index is 0. The first-order valence-electron chi connectivity index (χ1n) is 8.05. The molecule has 0 radical (unpaired) electrons. The predicted octanol–water partition coefficient (Wildman–Crippen LogP) is 2.17. The highest BCUT2D eigenvalue weighted by Gasteiger charge is 2.10. The van der Waals surface area contributed by atoms with Gasteiger partial charge in [0.1, 0.15) is 0 Å². The van der Waals surface area contributed by atoms with Crippen molar-refractivity contribution in [2.45, 2.75) is 71.1 Å². The molecule has 0 spiro atoms. The van der Waals surface area contributed by atoms with E-state index in [0.717, 1.165) is 11.0 Å². The Labute approximate surface area is 132 Å². The van der Waals surface area contributed by atoms with Crippen molar-refractivity contribution in [3.63, 3.8) is 0 Å². The second kappa shape index (κ2) is 14.6. The van der Waals surface area contributed by atoms with Gasteiger partial charge in [-0.2, -0.15) is 0 Å². The van der Waals surface area contributed by atoms with Crippen LogP contribution in [0.2, 0.25) is 0 Å². The summed E-state index contributed by atoms with van der Waals surface area (Å²) in [6, 6.07) is 0. The first-order chi connectivity index (χ1) is 8.62. The maximum absolute atomic E-state index is 3.83. The predicted molar refractivity (Wildman–Crippen MR) is 83.9 cm³/mol. The normalized spacial score (nSPS) is 11.1. The van der Waals surface area contributed by atoms with Gasteiger partial charge in [-0.3, -0.25) is 0 Å². The van der Waals surface area contributed by atoms with E-state index in [0.29, 0.717) is 0 Å². The molecular formula is C17H36BrN. The number of hydrogen-bond acceptors (Lipinski definition) is 0. The number of hydrogen-bond donors (Lipinski definition) is 0. The molecule has 0 aliphatic rings. The lowest BCUT2D eigenvalue weighted by atomic mass is 10.1. The fourth-order valence-corrected chi connectivity index (χ4v) is 2.47. The van der Waals surface area contributed by atoms with E-state index in [1.165, 1.54) is 70.8 Å². The first kappa shape index (κ1) is 21.5. The van der Waals surface area contributed by atoms with Gasteiger partial charge in [-0.15, -0.1) is 0 Å². The van der Waals surface area contributed by atoms with Crippen molar-refractivity contribution >= 4 is 0 Å². The molecule has 1 nitrogen and oxygen atoms in total. The summed E-state index contributed by atoms with van der Waals surface area (Å²) in [5, 5.41) is 0. The minimum Gasteiger partial charge on any atom is -1.00 e. The molecule has 0 heterocycles. The molecule has 0 amide bonds. The van der Waals surface area contributed by atoms with E-state index in [2.05, 4.69) is 27.6 Å². The van der Waals surface area contributed by atoms with Gasteiger partial charge in [0.2, 0.25) is 0 Å². The molecule has 0 rings (SSSR count). The second-order valence-electron chi connectivity index (χ2n) is 6.31. The molecule has 0 aromatic heterocycles. The zero-order chi connectivity index (χ0) is 13.7. The SMILES string of the molecule is C=CC[N+](C)(C)CCCCCCCCCCCC.[Br-]. The Hall–Kier alpha value is 0.180. The van der Waals surface area contributed by atoms with Gasteiger partial charge >= 0.3 is 0 Å². The fourth-order valence-electron chi connectivity index (χ4n) is 2.47. The van der Waals surface area contributed by atoms with Crippen LogP contribution in [0.25, 0.3) is 0 Å². The third kappa shape index (κ3) is 16.1. The minimum atomic E-state index is 0. The van der Waals surface area contributed by atoms with Gasteiger partial charge in [-0.25, -0.2) is 0 Å². The molecule has 116 valence electrons. The van der Waals surface area contributed by atoms with Crippen LogP contribution in [0.5, 0.6) is 0 Å². The Morgan fingerprint density at radius 2 is 1.21 bits per heavy atom. The smallest absolute Gasteiger partial charge is 0.0966 e. The monoisotopic (exact) mass is 333 g/mol. The van der Waals surface area contributed by atoms with E-state index >= 15 is 0 Å². The lowest BCUT2D eigenvalue weighted by Gasteiger charge is -2.28. The third-order valence-corrected chi connectivity index (χ3v) is 3.74. The Morgan fingerprint density at radius 3 is 1.63 bits per heavy atom. The van der Waals surface area contributed by atoms with Gasteiger partial charge < -0.3 is 21.5 Å². The number of nitrogens with zero attached hydrogens (tertiary/aromatic N) is 1. The molecule has 0 bridgehead atoms. The van der Waals surface area contributed by atoms with Crippen molar-refractivity contribution in [1.29, 1.82) is 0 Å². The van der Waals surface area contributed by atoms with Crippen LogP contribution in [0, 0.1) is 0 Å². The van der Waals surface area contributed by atoms with Gasteiger partial charge in [-0.1, -0.05) is 64.9 Å². The molecule has 0 aromatic carbocycles. The molecule has 0 aliphatic carbocycles. The average molecular weight is 334 g/mol. The van der Waals surface area contributed by atoms with Crippen LogP contribution in [0.15, 0.2) is 12.7 Å². The highest BCUT2D eigenvalue weighted by Crippen LogP contribution is 2.11. The Bertz CT molecular complexity index is 190. The lowest BCUT2D eigenvalue weighted by molar-refractivity contribution is -0.884. The van der Waals surface area contributed by atoms with Crippen molar-refractivity contribution < 1.29 is 21.5 Å². The lowest BCUT2D eigenvalue weighted by Crippen LogP contribution is -3.00.